The Morgan fingerprint density at radius 2 is 1.93 bits per heavy atom. The fourth-order valence-corrected chi connectivity index (χ4v) is 3.52. The average molecular weight is 371 g/mol. The van der Waals surface area contributed by atoms with E-state index < -0.39 is 17.2 Å². The second-order valence-electron chi connectivity index (χ2n) is 6.38. The van der Waals surface area contributed by atoms with Gasteiger partial charge >= 0.3 is 0 Å². The molecule has 1 aliphatic carbocycles. The largest absolute Gasteiger partial charge is 0.504 e. The first-order chi connectivity index (χ1) is 12.9. The summed E-state index contributed by atoms with van der Waals surface area (Å²) in [5.41, 5.74) is 2.04. The molecule has 0 radical (unpaired) electrons. The van der Waals surface area contributed by atoms with Gasteiger partial charge in [0.2, 0.25) is 17.1 Å². The van der Waals surface area contributed by atoms with Crippen molar-refractivity contribution in [3.8, 4) is 34.1 Å². The summed E-state index contributed by atoms with van der Waals surface area (Å²) in [7, 11) is 2.89. The molecule has 0 saturated heterocycles. The highest BCUT2D eigenvalue weighted by Crippen LogP contribution is 2.49. The summed E-state index contributed by atoms with van der Waals surface area (Å²) in [5, 5.41) is 23.3. The lowest BCUT2D eigenvalue weighted by atomic mass is 9.95. The number of phenolic OH excluding ortho intramolecular Hbond substituents is 1. The summed E-state index contributed by atoms with van der Waals surface area (Å²) in [5.74, 6) is -0.291. The van der Waals surface area contributed by atoms with Gasteiger partial charge in [0, 0.05) is 12.5 Å². The van der Waals surface area contributed by atoms with Gasteiger partial charge in [-0.3, -0.25) is 9.59 Å². The maximum atomic E-state index is 12.2. The van der Waals surface area contributed by atoms with Crippen LogP contribution >= 0.6 is 0 Å². The van der Waals surface area contributed by atoms with Gasteiger partial charge in [-0.2, -0.15) is 0 Å². The Morgan fingerprint density at radius 3 is 2.56 bits per heavy atom. The Labute approximate surface area is 156 Å². The van der Waals surface area contributed by atoms with Crippen molar-refractivity contribution < 1.29 is 24.5 Å². The van der Waals surface area contributed by atoms with Crippen LogP contribution in [0.2, 0.25) is 0 Å². The summed E-state index contributed by atoms with van der Waals surface area (Å²) < 4.78 is 10.7. The van der Waals surface area contributed by atoms with Crippen LogP contribution < -0.4 is 20.2 Å². The van der Waals surface area contributed by atoms with E-state index in [0.717, 1.165) is 5.56 Å². The average Bonchev–Trinajstić information content (AvgIpc) is 2.85. The smallest absolute Gasteiger partial charge is 0.220 e. The molecule has 1 atom stereocenters. The summed E-state index contributed by atoms with van der Waals surface area (Å²) >= 11 is 0. The topological polar surface area (TPSA) is 105 Å². The Balaban J connectivity index is 2.40. The number of hydrogen-bond donors (Lipinski definition) is 3. The van der Waals surface area contributed by atoms with Crippen LogP contribution in [0.3, 0.4) is 0 Å². The van der Waals surface area contributed by atoms with E-state index in [-0.39, 0.29) is 23.2 Å². The summed E-state index contributed by atoms with van der Waals surface area (Å²) in [4.78, 5) is 23.9. The molecule has 3 N–H and O–H groups in total. The van der Waals surface area contributed by atoms with Crippen molar-refractivity contribution >= 4 is 5.91 Å². The number of methoxy groups -OCH3 is 2. The van der Waals surface area contributed by atoms with E-state index >= 15 is 0 Å². The SMILES string of the molecule is COc1cc2c(c(OC)c1O)-c1ccc(O)c(=O)cc1[C@H](NC(C)=O)CC2. The predicted octanol–water partition coefficient (Wildman–Crippen LogP) is 2.27. The number of benzene rings is 1. The number of fused-ring (bicyclic) bond motifs is 3. The van der Waals surface area contributed by atoms with Gasteiger partial charge < -0.3 is 25.0 Å². The molecule has 2 aromatic rings. The molecule has 0 aliphatic heterocycles. The fraction of sp³-hybridized carbons (Fsp3) is 0.300. The van der Waals surface area contributed by atoms with Crippen LogP contribution in [0.1, 0.15) is 30.5 Å². The molecule has 0 spiro atoms. The van der Waals surface area contributed by atoms with Crippen LogP contribution in [-0.2, 0) is 11.2 Å². The van der Waals surface area contributed by atoms with Gasteiger partial charge in [-0.15, -0.1) is 0 Å². The molecule has 7 heteroatoms. The first-order valence-electron chi connectivity index (χ1n) is 8.48. The molecule has 0 unspecified atom stereocenters. The highest BCUT2D eigenvalue weighted by molar-refractivity contribution is 5.83. The van der Waals surface area contributed by atoms with E-state index in [2.05, 4.69) is 5.32 Å². The second kappa shape index (κ2) is 7.19. The standard InChI is InChI=1S/C20H21NO6/c1-10(22)21-14-6-4-11-8-17(26-2)19(25)20(27-3)18(11)12-5-7-15(23)16(24)9-13(12)14/h5,7-9,14,25H,4,6H2,1-3H3,(H,21,22)(H,23,24)/t14-/m1/s1. The fourth-order valence-electron chi connectivity index (χ4n) is 3.52. The number of aromatic hydroxyl groups is 2. The van der Waals surface area contributed by atoms with E-state index in [9.17, 15) is 19.8 Å². The van der Waals surface area contributed by atoms with Gasteiger partial charge in [-0.25, -0.2) is 0 Å². The normalized spacial score (nSPS) is 15.1. The second-order valence-corrected chi connectivity index (χ2v) is 6.38. The predicted molar refractivity (Wildman–Crippen MR) is 99.5 cm³/mol. The Morgan fingerprint density at radius 1 is 1.19 bits per heavy atom. The number of rotatable bonds is 3. The van der Waals surface area contributed by atoms with Crippen LogP contribution in [0.15, 0.2) is 29.1 Å². The molecule has 1 aliphatic rings. The lowest BCUT2D eigenvalue weighted by molar-refractivity contribution is -0.119. The molecule has 0 saturated carbocycles. The van der Waals surface area contributed by atoms with Crippen molar-refractivity contribution in [3.05, 3.63) is 45.6 Å². The zero-order valence-corrected chi connectivity index (χ0v) is 15.3. The highest BCUT2D eigenvalue weighted by Gasteiger charge is 2.28. The molecule has 0 fully saturated rings. The minimum atomic E-state index is -0.549. The van der Waals surface area contributed by atoms with Crippen molar-refractivity contribution in [2.45, 2.75) is 25.8 Å². The van der Waals surface area contributed by atoms with Crippen LogP contribution in [-0.4, -0.2) is 30.3 Å². The molecule has 27 heavy (non-hydrogen) atoms. The lowest BCUT2D eigenvalue weighted by Gasteiger charge is -2.18. The van der Waals surface area contributed by atoms with E-state index in [1.807, 2.05) is 0 Å². The van der Waals surface area contributed by atoms with Crippen LogP contribution in [0.5, 0.6) is 23.0 Å². The van der Waals surface area contributed by atoms with Gasteiger partial charge in [-0.05, 0) is 47.7 Å². The molecule has 3 rings (SSSR count). The lowest BCUT2D eigenvalue weighted by Crippen LogP contribution is -2.26. The summed E-state index contributed by atoms with van der Waals surface area (Å²) in [6.07, 6.45) is 1.09. The van der Waals surface area contributed by atoms with E-state index in [1.54, 1.807) is 12.1 Å². The first-order valence-corrected chi connectivity index (χ1v) is 8.48. The van der Waals surface area contributed by atoms with Gasteiger partial charge in [0.15, 0.2) is 17.2 Å². The molecular weight excluding hydrogens is 350 g/mol. The number of carbonyl (C=O) groups is 1. The van der Waals surface area contributed by atoms with Gasteiger partial charge in [0.1, 0.15) is 0 Å². The quantitative estimate of drug-likeness (QED) is 0.764. The van der Waals surface area contributed by atoms with Crippen LogP contribution in [0.4, 0.5) is 0 Å². The number of phenols is 1. The first kappa shape index (κ1) is 18.6. The molecule has 7 nitrogen and oxygen atoms in total. The van der Waals surface area contributed by atoms with Crippen LogP contribution in [0.25, 0.3) is 11.1 Å². The molecule has 2 aromatic carbocycles. The molecule has 0 heterocycles. The maximum Gasteiger partial charge on any atom is 0.220 e. The Bertz CT molecular complexity index is 969. The molecule has 1 amide bonds. The van der Waals surface area contributed by atoms with Gasteiger partial charge in [0.25, 0.3) is 0 Å². The monoisotopic (exact) mass is 371 g/mol. The number of aryl methyl sites for hydroxylation is 1. The van der Waals surface area contributed by atoms with E-state index in [4.69, 9.17) is 9.47 Å². The van der Waals surface area contributed by atoms with Crippen LogP contribution in [0, 0.1) is 0 Å². The van der Waals surface area contributed by atoms with E-state index in [1.165, 1.54) is 33.3 Å². The minimum absolute atomic E-state index is 0.152. The number of amides is 1. The van der Waals surface area contributed by atoms with Crippen molar-refractivity contribution in [1.82, 2.24) is 5.32 Å². The Hall–Kier alpha value is -3.22. The van der Waals surface area contributed by atoms with E-state index in [0.29, 0.717) is 29.5 Å². The summed E-state index contributed by atoms with van der Waals surface area (Å²) in [6, 6.07) is 5.52. The summed E-state index contributed by atoms with van der Waals surface area (Å²) in [6.45, 7) is 1.41. The highest BCUT2D eigenvalue weighted by atomic mass is 16.5. The van der Waals surface area contributed by atoms with Gasteiger partial charge in [-0.1, -0.05) is 6.07 Å². The van der Waals surface area contributed by atoms with Crippen molar-refractivity contribution in [2.24, 2.45) is 0 Å². The zero-order chi connectivity index (χ0) is 19.7. The minimum Gasteiger partial charge on any atom is -0.504 e. The van der Waals surface area contributed by atoms with Gasteiger partial charge in [0.05, 0.1) is 20.3 Å². The van der Waals surface area contributed by atoms with Crippen molar-refractivity contribution in [2.75, 3.05) is 14.2 Å². The molecule has 142 valence electrons. The maximum absolute atomic E-state index is 12.2. The zero-order valence-electron chi connectivity index (χ0n) is 15.3. The molecular formula is C20H21NO6. The third kappa shape index (κ3) is 3.28. The Kier molecular flexibility index (Phi) is 4.94. The number of carbonyl (C=O) groups excluding carboxylic acids is 1. The number of ether oxygens (including phenoxy) is 2. The molecule has 0 bridgehead atoms. The third-order valence-electron chi connectivity index (χ3n) is 4.71. The number of hydrogen-bond acceptors (Lipinski definition) is 6. The van der Waals surface area contributed by atoms with Crippen molar-refractivity contribution in [3.63, 3.8) is 0 Å². The van der Waals surface area contributed by atoms with Crippen molar-refractivity contribution in [1.29, 1.82) is 0 Å². The third-order valence-corrected chi connectivity index (χ3v) is 4.71. The molecule has 0 aromatic heterocycles. The number of nitrogens with one attached hydrogen (secondary N) is 1.